The first-order chi connectivity index (χ1) is 24.9. The minimum atomic E-state index is -5.09. The molecule has 1 fully saturated rings. The zero-order valence-corrected chi connectivity index (χ0v) is 30.8. The van der Waals surface area contributed by atoms with Crippen LogP contribution in [0.15, 0.2) is 60.7 Å². The largest absolute Gasteiger partial charge is 0.416 e. The Labute approximate surface area is 313 Å². The van der Waals surface area contributed by atoms with Gasteiger partial charge in [-0.05, 0) is 66.9 Å². The Morgan fingerprint density at radius 2 is 1.40 bits per heavy atom. The van der Waals surface area contributed by atoms with Crippen molar-refractivity contribution in [2.75, 3.05) is 71.9 Å². The summed E-state index contributed by atoms with van der Waals surface area (Å²) >= 11 is 12.5. The number of anilines is 1. The van der Waals surface area contributed by atoms with Gasteiger partial charge >= 0.3 is 24.4 Å². The maximum absolute atomic E-state index is 13.5. The molecular weight excluding hydrogens is 749 g/mol. The number of hydrogen-bond donors (Lipinski definition) is 2. The Balaban J connectivity index is 1.46. The van der Waals surface area contributed by atoms with E-state index < -0.39 is 52.9 Å². The molecule has 1 atom stereocenters. The second kappa shape index (κ2) is 17.7. The average molecular weight is 790 g/mol. The predicted molar refractivity (Wildman–Crippen MR) is 192 cm³/mol. The lowest BCUT2D eigenvalue weighted by atomic mass is 9.94. The molecule has 3 aromatic carbocycles. The van der Waals surface area contributed by atoms with Crippen LogP contribution in [0.4, 0.5) is 41.6 Å². The van der Waals surface area contributed by atoms with E-state index in [4.69, 9.17) is 23.2 Å². The van der Waals surface area contributed by atoms with Crippen LogP contribution in [-0.2, 0) is 18.8 Å². The van der Waals surface area contributed by atoms with Crippen LogP contribution in [-0.4, -0.2) is 99.6 Å². The van der Waals surface area contributed by atoms with Crippen molar-refractivity contribution in [3.63, 3.8) is 0 Å². The average Bonchev–Trinajstić information content (AvgIpc) is 3.13. The second-order valence-corrected chi connectivity index (χ2v) is 13.4. The molecule has 0 saturated carbocycles. The van der Waals surface area contributed by atoms with Gasteiger partial charge in [-0.1, -0.05) is 47.5 Å². The molecule has 1 saturated heterocycles. The molecule has 9 nitrogen and oxygen atoms in total. The van der Waals surface area contributed by atoms with Gasteiger partial charge in [-0.25, -0.2) is 14.5 Å². The Hall–Kier alpha value is -4.21. The normalized spacial score (nSPS) is 14.4. The number of carbonyl (C=O) groups is 3. The molecule has 288 valence electrons. The van der Waals surface area contributed by atoms with E-state index in [9.17, 15) is 40.7 Å². The molecule has 2 N–H and O–H groups in total. The van der Waals surface area contributed by atoms with Crippen LogP contribution in [0.25, 0.3) is 0 Å². The zero-order valence-electron chi connectivity index (χ0n) is 29.3. The van der Waals surface area contributed by atoms with Crippen LogP contribution in [0.1, 0.15) is 45.0 Å². The highest BCUT2D eigenvalue weighted by atomic mass is 35.5. The molecule has 1 aliphatic rings. The minimum Gasteiger partial charge on any atom is -0.369 e. The molecule has 0 spiro atoms. The van der Waals surface area contributed by atoms with Crippen molar-refractivity contribution in [2.45, 2.75) is 31.1 Å². The lowest BCUT2D eigenvalue weighted by molar-refractivity contribution is -0.143. The fraction of sp³-hybridized carbons (Fsp3) is 0.417. The van der Waals surface area contributed by atoms with Crippen molar-refractivity contribution in [1.29, 1.82) is 0 Å². The fourth-order valence-corrected chi connectivity index (χ4v) is 6.53. The number of nitrogens with one attached hydrogen (secondary N) is 2. The standard InChI is InChI=1S/C36H40Cl2F6N6O3/c1-45-33(52)50(34(53)46-2)13-11-23-6-4-5-7-31(23)49-16-14-48(15-17-49)12-10-25(24-8-9-29(37)30(38)20-24)22-47(3)32(51)26-18-27(35(39,40)41)21-28(19-26)36(42,43)44/h4-9,18-21,25H,10-17,22H2,1-3H3,(H,45,52)(H,46,53)/t25-/m1/s1. The monoisotopic (exact) mass is 788 g/mol. The molecule has 17 heteroatoms. The van der Waals surface area contributed by atoms with Crippen LogP contribution in [0.3, 0.4) is 0 Å². The number of benzene rings is 3. The van der Waals surface area contributed by atoms with Gasteiger partial charge in [0, 0.05) is 77.6 Å². The van der Waals surface area contributed by atoms with Gasteiger partial charge in [-0.15, -0.1) is 0 Å². The number of alkyl halides is 6. The Bertz CT molecular complexity index is 1720. The smallest absolute Gasteiger partial charge is 0.369 e. The highest BCUT2D eigenvalue weighted by Crippen LogP contribution is 2.37. The molecule has 0 unspecified atom stereocenters. The number of imide groups is 1. The summed E-state index contributed by atoms with van der Waals surface area (Å²) in [7, 11) is 4.24. The zero-order chi connectivity index (χ0) is 39.1. The number of para-hydroxylation sites is 1. The lowest BCUT2D eigenvalue weighted by Gasteiger charge is -2.38. The Morgan fingerprint density at radius 1 is 0.811 bits per heavy atom. The van der Waals surface area contributed by atoms with E-state index in [2.05, 4.69) is 20.4 Å². The van der Waals surface area contributed by atoms with E-state index in [1.165, 1.54) is 21.1 Å². The van der Waals surface area contributed by atoms with Crippen LogP contribution in [0.2, 0.25) is 10.0 Å². The first-order valence-electron chi connectivity index (χ1n) is 16.7. The van der Waals surface area contributed by atoms with Crippen LogP contribution in [0, 0.1) is 0 Å². The molecule has 0 aromatic heterocycles. The molecule has 0 radical (unpaired) electrons. The maximum atomic E-state index is 13.5. The highest BCUT2D eigenvalue weighted by Gasteiger charge is 2.38. The van der Waals surface area contributed by atoms with Crippen molar-refractivity contribution < 1.29 is 40.7 Å². The Morgan fingerprint density at radius 3 is 1.94 bits per heavy atom. The molecule has 1 heterocycles. The highest BCUT2D eigenvalue weighted by molar-refractivity contribution is 6.42. The second-order valence-electron chi connectivity index (χ2n) is 12.6. The van der Waals surface area contributed by atoms with Gasteiger partial charge in [0.25, 0.3) is 5.91 Å². The summed E-state index contributed by atoms with van der Waals surface area (Å²) in [5.41, 5.74) is -1.21. The molecule has 4 rings (SSSR count). The van der Waals surface area contributed by atoms with Crippen molar-refractivity contribution in [2.24, 2.45) is 0 Å². The molecule has 1 aliphatic heterocycles. The van der Waals surface area contributed by atoms with E-state index in [-0.39, 0.29) is 24.2 Å². The number of piperazine rings is 1. The van der Waals surface area contributed by atoms with E-state index in [0.717, 1.165) is 21.1 Å². The number of likely N-dealkylation sites (N-methyl/N-ethyl adjacent to an activating group) is 1. The summed E-state index contributed by atoms with van der Waals surface area (Å²) < 4.78 is 81.1. The molecule has 5 amide bonds. The van der Waals surface area contributed by atoms with Gasteiger partial charge in [0.05, 0.1) is 21.2 Å². The first-order valence-corrected chi connectivity index (χ1v) is 17.4. The quantitative estimate of drug-likeness (QED) is 0.195. The van der Waals surface area contributed by atoms with Crippen LogP contribution < -0.4 is 15.5 Å². The van der Waals surface area contributed by atoms with Gasteiger partial charge in [-0.3, -0.25) is 9.69 Å². The van der Waals surface area contributed by atoms with Crippen molar-refractivity contribution in [3.05, 3.63) is 98.5 Å². The number of urea groups is 2. The predicted octanol–water partition coefficient (Wildman–Crippen LogP) is 7.62. The fourth-order valence-electron chi connectivity index (χ4n) is 6.22. The number of amides is 5. The maximum Gasteiger partial charge on any atom is 0.416 e. The van der Waals surface area contributed by atoms with Crippen molar-refractivity contribution in [3.8, 4) is 0 Å². The summed E-state index contributed by atoms with van der Waals surface area (Å²) in [6, 6.07) is 12.5. The number of hydrogen-bond acceptors (Lipinski definition) is 5. The van der Waals surface area contributed by atoms with E-state index in [1.54, 1.807) is 18.2 Å². The molecule has 3 aromatic rings. The molecule has 0 bridgehead atoms. The van der Waals surface area contributed by atoms with Crippen LogP contribution >= 0.6 is 23.2 Å². The SMILES string of the molecule is CNC(=O)N(CCc1ccccc1N1CCN(CC[C@H](CN(C)C(=O)c2cc(C(F)(F)F)cc(C(F)(F)F)c2)c2ccc(Cl)c(Cl)c2)CC1)C(=O)NC. The van der Waals surface area contributed by atoms with Gasteiger partial charge in [-0.2, -0.15) is 26.3 Å². The van der Waals surface area contributed by atoms with E-state index >= 15 is 0 Å². The summed E-state index contributed by atoms with van der Waals surface area (Å²) in [6.07, 6.45) is -9.27. The van der Waals surface area contributed by atoms with Crippen LogP contribution in [0.5, 0.6) is 0 Å². The van der Waals surface area contributed by atoms with Crippen molar-refractivity contribution in [1.82, 2.24) is 25.3 Å². The lowest BCUT2D eigenvalue weighted by Crippen LogP contribution is -2.48. The summed E-state index contributed by atoms with van der Waals surface area (Å²) in [5, 5.41) is 5.51. The Kier molecular flexibility index (Phi) is 13.9. The topological polar surface area (TPSA) is 88.2 Å². The summed E-state index contributed by atoms with van der Waals surface area (Å²) in [6.45, 7) is 3.38. The van der Waals surface area contributed by atoms with E-state index in [0.29, 0.717) is 68.3 Å². The van der Waals surface area contributed by atoms with Crippen molar-refractivity contribution >= 4 is 46.9 Å². The third-order valence-corrected chi connectivity index (χ3v) is 9.85. The number of nitrogens with zero attached hydrogens (tertiary/aromatic N) is 4. The summed E-state index contributed by atoms with van der Waals surface area (Å²) in [4.78, 5) is 44.6. The summed E-state index contributed by atoms with van der Waals surface area (Å²) in [5.74, 6) is -1.39. The van der Waals surface area contributed by atoms with Gasteiger partial charge in [0.15, 0.2) is 0 Å². The van der Waals surface area contributed by atoms with Gasteiger partial charge in [0.1, 0.15) is 0 Å². The minimum absolute atomic E-state index is 0.0119. The number of halogens is 8. The third-order valence-electron chi connectivity index (χ3n) is 9.11. The molecule has 53 heavy (non-hydrogen) atoms. The first kappa shape index (κ1) is 41.5. The number of carbonyl (C=O) groups excluding carboxylic acids is 3. The van der Waals surface area contributed by atoms with Gasteiger partial charge < -0.3 is 20.4 Å². The van der Waals surface area contributed by atoms with E-state index in [1.807, 2.05) is 24.3 Å². The van der Waals surface area contributed by atoms with Gasteiger partial charge in [0.2, 0.25) is 0 Å². The molecule has 0 aliphatic carbocycles. The number of rotatable bonds is 11. The third kappa shape index (κ3) is 10.9. The molecular formula is C36H40Cl2F6N6O3.